The molecule has 1 saturated heterocycles. The third-order valence-corrected chi connectivity index (χ3v) is 6.21. The average Bonchev–Trinajstić information content (AvgIpc) is 3.63. The number of aromatic nitrogens is 3. The minimum atomic E-state index is -4.63. The van der Waals surface area contributed by atoms with Gasteiger partial charge < -0.3 is 29.0 Å². The molecule has 5 rings (SSSR count). The number of hydrogen-bond acceptors (Lipinski definition) is 8. The van der Waals surface area contributed by atoms with Gasteiger partial charge in [0.1, 0.15) is 17.3 Å². The summed E-state index contributed by atoms with van der Waals surface area (Å²) < 4.78 is 81.4. The number of fused-ring (bicyclic) bond motifs is 1. The molecular formula is C27H24F4N4O6. The summed E-state index contributed by atoms with van der Waals surface area (Å²) in [5.41, 5.74) is -0.112. The lowest BCUT2D eigenvalue weighted by molar-refractivity contribution is -0.153. The number of nitrogens with one attached hydrogen (secondary N) is 1. The van der Waals surface area contributed by atoms with Gasteiger partial charge in [0, 0.05) is 30.3 Å². The van der Waals surface area contributed by atoms with Crippen molar-refractivity contribution >= 4 is 22.5 Å². The highest BCUT2D eigenvalue weighted by atomic mass is 19.4. The van der Waals surface area contributed by atoms with Crippen LogP contribution < -0.4 is 24.3 Å². The fourth-order valence-corrected chi connectivity index (χ4v) is 4.22. The summed E-state index contributed by atoms with van der Waals surface area (Å²) in [6.45, 7) is -0.894. The highest BCUT2D eigenvalue weighted by Gasteiger charge is 2.31. The van der Waals surface area contributed by atoms with Gasteiger partial charge in [-0.05, 0) is 30.7 Å². The minimum absolute atomic E-state index is 0.113. The first-order valence-electron chi connectivity index (χ1n) is 12.3. The van der Waals surface area contributed by atoms with Gasteiger partial charge in [-0.25, -0.2) is 4.39 Å². The van der Waals surface area contributed by atoms with Crippen LogP contribution in [0.15, 0.2) is 48.8 Å². The molecule has 0 spiro atoms. The van der Waals surface area contributed by atoms with Crippen molar-refractivity contribution in [2.24, 2.45) is 0 Å². The van der Waals surface area contributed by atoms with E-state index in [0.717, 1.165) is 6.07 Å². The number of methoxy groups -OCH3 is 2. The Kier molecular flexibility index (Phi) is 7.83. The maximum Gasteiger partial charge on any atom is 0.422 e. The van der Waals surface area contributed by atoms with Gasteiger partial charge in [-0.3, -0.25) is 14.5 Å². The van der Waals surface area contributed by atoms with Gasteiger partial charge >= 0.3 is 6.18 Å². The van der Waals surface area contributed by atoms with E-state index in [2.05, 4.69) is 15.4 Å². The Hall–Kier alpha value is -4.59. The van der Waals surface area contributed by atoms with Crippen LogP contribution in [0.2, 0.25) is 0 Å². The Bertz CT molecular complexity index is 1570. The second-order valence-corrected chi connectivity index (χ2v) is 8.97. The number of alkyl halides is 3. The van der Waals surface area contributed by atoms with E-state index in [1.807, 2.05) is 0 Å². The van der Waals surface area contributed by atoms with Gasteiger partial charge in [0.2, 0.25) is 0 Å². The number of rotatable bonds is 9. The number of nitrogens with zero attached hydrogens (tertiary/aromatic N) is 3. The first kappa shape index (κ1) is 28.0. The lowest BCUT2D eigenvalue weighted by Crippen LogP contribution is -2.21. The van der Waals surface area contributed by atoms with E-state index < -0.39 is 30.2 Å². The van der Waals surface area contributed by atoms with Crippen molar-refractivity contribution in [3.05, 3.63) is 60.3 Å². The fraction of sp³-hybridized carbons (Fsp3) is 0.296. The van der Waals surface area contributed by atoms with E-state index in [-0.39, 0.29) is 29.8 Å². The van der Waals surface area contributed by atoms with E-state index in [0.29, 0.717) is 41.2 Å². The Morgan fingerprint density at radius 3 is 2.56 bits per heavy atom. The molecule has 41 heavy (non-hydrogen) atoms. The molecular weight excluding hydrogens is 552 g/mol. The third-order valence-electron chi connectivity index (χ3n) is 6.21. The largest absolute Gasteiger partial charge is 0.493 e. The van der Waals surface area contributed by atoms with E-state index >= 15 is 4.39 Å². The summed E-state index contributed by atoms with van der Waals surface area (Å²) in [6.07, 6.45) is -1.35. The predicted octanol–water partition coefficient (Wildman–Crippen LogP) is 5.53. The Morgan fingerprint density at radius 2 is 1.88 bits per heavy atom. The lowest BCUT2D eigenvalue weighted by Gasteiger charge is -2.13. The predicted molar refractivity (Wildman–Crippen MR) is 138 cm³/mol. The van der Waals surface area contributed by atoms with Crippen LogP contribution in [0.5, 0.6) is 28.7 Å². The standard InChI is InChI=1S/C27H24F4N4O6/c1-37-22-10-17-20(11-23(22)38-2)32-7-5-21(17)41-16-3-4-19(18(28)9-16)33-26(36)25-24(40-14-27(29,30)31)12-35(34-25)15-6-8-39-13-15/h3-5,7,9-12,15H,6,8,13-14H2,1-2H3,(H,33,36). The Balaban J connectivity index is 1.36. The van der Waals surface area contributed by atoms with E-state index in [1.165, 1.54) is 43.4 Å². The number of benzene rings is 2. The minimum Gasteiger partial charge on any atom is -0.493 e. The van der Waals surface area contributed by atoms with Crippen LogP contribution in [0, 0.1) is 5.82 Å². The number of pyridine rings is 1. The number of carbonyl (C=O) groups is 1. The second-order valence-electron chi connectivity index (χ2n) is 8.97. The van der Waals surface area contributed by atoms with Crippen LogP contribution in [-0.2, 0) is 4.74 Å². The maximum atomic E-state index is 15.1. The normalized spacial score (nSPS) is 15.1. The van der Waals surface area contributed by atoms with Crippen molar-refractivity contribution in [3.63, 3.8) is 0 Å². The van der Waals surface area contributed by atoms with Crippen molar-refractivity contribution in [1.82, 2.24) is 14.8 Å². The first-order valence-corrected chi connectivity index (χ1v) is 12.3. The zero-order chi connectivity index (χ0) is 29.1. The van der Waals surface area contributed by atoms with Gasteiger partial charge in [-0.1, -0.05) is 0 Å². The SMILES string of the molecule is COc1cc2nccc(Oc3ccc(NC(=O)c4nn(C5CCOC5)cc4OCC(F)(F)F)c(F)c3)c2cc1OC. The number of amides is 1. The van der Waals surface area contributed by atoms with Crippen molar-refractivity contribution in [2.75, 3.05) is 39.4 Å². The number of ether oxygens (including phenoxy) is 5. The van der Waals surface area contributed by atoms with Crippen molar-refractivity contribution in [1.29, 1.82) is 0 Å². The first-order chi connectivity index (χ1) is 19.6. The number of carbonyl (C=O) groups excluding carboxylic acids is 1. The molecule has 1 amide bonds. The molecule has 2 aromatic carbocycles. The van der Waals surface area contributed by atoms with Gasteiger partial charge in [-0.15, -0.1) is 0 Å². The molecule has 0 radical (unpaired) electrons. The van der Waals surface area contributed by atoms with Crippen LogP contribution >= 0.6 is 0 Å². The van der Waals surface area contributed by atoms with Crippen LogP contribution in [-0.4, -0.2) is 60.9 Å². The molecule has 2 aromatic heterocycles. The van der Waals surface area contributed by atoms with Crippen molar-refractivity contribution < 1.29 is 46.0 Å². The van der Waals surface area contributed by atoms with E-state index in [1.54, 1.807) is 18.2 Å². The van der Waals surface area contributed by atoms with Crippen LogP contribution in [0.3, 0.4) is 0 Å². The maximum absolute atomic E-state index is 15.1. The third kappa shape index (κ3) is 6.27. The molecule has 1 fully saturated rings. The summed E-state index contributed by atoms with van der Waals surface area (Å²) in [5.74, 6) is -0.789. The Labute approximate surface area is 230 Å². The quantitative estimate of drug-likeness (QED) is 0.259. The molecule has 0 aliphatic carbocycles. The van der Waals surface area contributed by atoms with Crippen LogP contribution in [0.4, 0.5) is 23.2 Å². The summed E-state index contributed by atoms with van der Waals surface area (Å²) in [7, 11) is 2.99. The monoisotopic (exact) mass is 576 g/mol. The Morgan fingerprint density at radius 1 is 1.10 bits per heavy atom. The molecule has 1 atom stereocenters. The summed E-state index contributed by atoms with van der Waals surface area (Å²) in [6, 6.07) is 8.40. The molecule has 1 aliphatic heterocycles. The molecule has 14 heteroatoms. The molecule has 216 valence electrons. The molecule has 1 unspecified atom stereocenters. The highest BCUT2D eigenvalue weighted by molar-refractivity contribution is 6.04. The van der Waals surface area contributed by atoms with Crippen molar-refractivity contribution in [2.45, 2.75) is 18.6 Å². The van der Waals surface area contributed by atoms with Gasteiger partial charge in [-0.2, -0.15) is 18.3 Å². The van der Waals surface area contributed by atoms with Crippen molar-refractivity contribution in [3.8, 4) is 28.7 Å². The zero-order valence-corrected chi connectivity index (χ0v) is 21.8. The molecule has 0 saturated carbocycles. The summed E-state index contributed by atoms with van der Waals surface area (Å²) in [5, 5.41) is 7.03. The molecule has 1 N–H and O–H groups in total. The molecule has 3 heterocycles. The van der Waals surface area contributed by atoms with Crippen LogP contribution in [0.25, 0.3) is 10.9 Å². The summed E-state index contributed by atoms with van der Waals surface area (Å²) >= 11 is 0. The van der Waals surface area contributed by atoms with Gasteiger partial charge in [0.05, 0.1) is 44.3 Å². The topological polar surface area (TPSA) is 106 Å². The highest BCUT2D eigenvalue weighted by Crippen LogP contribution is 2.37. The molecule has 0 bridgehead atoms. The number of halogens is 4. The average molecular weight is 577 g/mol. The second kappa shape index (κ2) is 11.5. The molecule has 10 nitrogen and oxygen atoms in total. The van der Waals surface area contributed by atoms with Gasteiger partial charge in [0.25, 0.3) is 5.91 Å². The smallest absolute Gasteiger partial charge is 0.422 e. The zero-order valence-electron chi connectivity index (χ0n) is 21.8. The molecule has 4 aromatic rings. The number of hydrogen-bond donors (Lipinski definition) is 1. The van der Waals surface area contributed by atoms with Crippen LogP contribution in [0.1, 0.15) is 23.0 Å². The van der Waals surface area contributed by atoms with Gasteiger partial charge in [0.15, 0.2) is 29.5 Å². The summed E-state index contributed by atoms with van der Waals surface area (Å²) in [4.78, 5) is 17.3. The lowest BCUT2D eigenvalue weighted by atomic mass is 10.2. The number of anilines is 1. The van der Waals surface area contributed by atoms with E-state index in [9.17, 15) is 18.0 Å². The molecule has 1 aliphatic rings. The van der Waals surface area contributed by atoms with E-state index in [4.69, 9.17) is 23.7 Å². The fourth-order valence-electron chi connectivity index (χ4n) is 4.22.